The van der Waals surface area contributed by atoms with E-state index in [4.69, 9.17) is 9.47 Å². The smallest absolute Gasteiger partial charge is 0.275 e. The maximum atomic E-state index is 12.4. The van der Waals surface area contributed by atoms with Crippen molar-refractivity contribution in [1.82, 2.24) is 5.43 Å². The number of methoxy groups -OCH3 is 2. The maximum Gasteiger partial charge on any atom is 0.275 e. The van der Waals surface area contributed by atoms with E-state index in [1.807, 2.05) is 24.3 Å². The molecule has 0 bridgehead atoms. The fourth-order valence-corrected chi connectivity index (χ4v) is 2.77. The molecular weight excluding hydrogens is 370 g/mol. The molecule has 2 amide bonds. The summed E-state index contributed by atoms with van der Waals surface area (Å²) in [5.41, 5.74) is 5.10. The van der Waals surface area contributed by atoms with Crippen molar-refractivity contribution in [3.63, 3.8) is 0 Å². The average molecular weight is 397 g/mol. The summed E-state index contributed by atoms with van der Waals surface area (Å²) in [6, 6.07) is 12.6. The lowest BCUT2D eigenvalue weighted by Crippen LogP contribution is -2.22. The molecule has 0 aliphatic carbocycles. The van der Waals surface area contributed by atoms with Crippen LogP contribution in [0.1, 0.15) is 49.0 Å². The third kappa shape index (κ3) is 6.07. The largest absolute Gasteiger partial charge is 0.497 e. The number of hydrogen-bond acceptors (Lipinski definition) is 5. The van der Waals surface area contributed by atoms with Crippen LogP contribution in [-0.2, 0) is 4.79 Å². The van der Waals surface area contributed by atoms with Crippen LogP contribution in [0.2, 0.25) is 0 Å². The van der Waals surface area contributed by atoms with Gasteiger partial charge in [-0.25, -0.2) is 5.43 Å². The van der Waals surface area contributed by atoms with E-state index in [0.717, 1.165) is 11.3 Å². The molecule has 0 saturated carbocycles. The van der Waals surface area contributed by atoms with E-state index < -0.39 is 5.91 Å². The van der Waals surface area contributed by atoms with Crippen LogP contribution in [0.15, 0.2) is 47.6 Å². The van der Waals surface area contributed by atoms with E-state index in [2.05, 4.69) is 29.7 Å². The molecule has 7 nitrogen and oxygen atoms in total. The van der Waals surface area contributed by atoms with E-state index in [1.165, 1.54) is 14.2 Å². The summed E-state index contributed by atoms with van der Waals surface area (Å²) in [6.45, 7) is 5.82. The van der Waals surface area contributed by atoms with Gasteiger partial charge >= 0.3 is 0 Å². The predicted molar refractivity (Wildman–Crippen MR) is 114 cm³/mol. The second kappa shape index (κ2) is 10.3. The molecule has 2 aromatic rings. The molecule has 2 N–H and O–H groups in total. The first-order chi connectivity index (χ1) is 13.8. The quantitative estimate of drug-likeness (QED) is 0.521. The number of nitrogens with one attached hydrogen (secondary N) is 2. The van der Waals surface area contributed by atoms with Crippen LogP contribution in [0, 0.1) is 0 Å². The minimum absolute atomic E-state index is 0.0620. The number of rotatable bonds is 8. The summed E-state index contributed by atoms with van der Waals surface area (Å²) in [5, 5.41) is 6.93. The van der Waals surface area contributed by atoms with Gasteiger partial charge in [0.2, 0.25) is 5.91 Å². The normalized spacial score (nSPS) is 11.2. The Balaban J connectivity index is 2.00. The molecule has 29 heavy (non-hydrogen) atoms. The van der Waals surface area contributed by atoms with Crippen molar-refractivity contribution in [3.05, 3.63) is 53.6 Å². The highest BCUT2D eigenvalue weighted by atomic mass is 16.5. The van der Waals surface area contributed by atoms with Crippen LogP contribution in [0.4, 0.5) is 5.69 Å². The van der Waals surface area contributed by atoms with Gasteiger partial charge in [0.05, 0.1) is 26.2 Å². The van der Waals surface area contributed by atoms with Crippen molar-refractivity contribution in [2.45, 2.75) is 33.1 Å². The Kier molecular flexibility index (Phi) is 7.77. The van der Waals surface area contributed by atoms with Crippen molar-refractivity contribution in [3.8, 4) is 11.5 Å². The monoisotopic (exact) mass is 397 g/mol. The van der Waals surface area contributed by atoms with E-state index in [-0.39, 0.29) is 12.3 Å². The second-order valence-corrected chi connectivity index (χ2v) is 6.82. The standard InChI is InChI=1S/C22H27N3O4/c1-14(2)17-8-6-7-9-19(17)23-21(26)12-15(3)24-25-22(27)18-11-10-16(28-4)13-20(18)29-5/h6-11,13-14H,12H2,1-5H3,(H,23,26)(H,25,27)/b24-15+. The van der Waals surface area contributed by atoms with Crippen molar-refractivity contribution in [2.24, 2.45) is 5.10 Å². The van der Waals surface area contributed by atoms with Gasteiger partial charge in [-0.05, 0) is 36.6 Å². The fraction of sp³-hybridized carbons (Fsp3) is 0.318. The molecule has 2 rings (SSSR count). The SMILES string of the molecule is COc1ccc(C(=O)N/N=C(\C)CC(=O)Nc2ccccc2C(C)C)c(OC)c1. The number of nitrogens with zero attached hydrogens (tertiary/aromatic N) is 1. The molecule has 0 aromatic heterocycles. The fourth-order valence-electron chi connectivity index (χ4n) is 2.77. The molecule has 0 radical (unpaired) electrons. The Bertz CT molecular complexity index is 907. The van der Waals surface area contributed by atoms with Crippen LogP contribution >= 0.6 is 0 Å². The summed E-state index contributed by atoms with van der Waals surface area (Å²) in [6.07, 6.45) is 0.0620. The van der Waals surface area contributed by atoms with Gasteiger partial charge in [0.1, 0.15) is 11.5 Å². The molecule has 154 valence electrons. The number of hydrazone groups is 1. The van der Waals surface area contributed by atoms with Gasteiger partial charge in [-0.1, -0.05) is 32.0 Å². The summed E-state index contributed by atoms with van der Waals surface area (Å²) in [4.78, 5) is 24.7. The van der Waals surface area contributed by atoms with E-state index >= 15 is 0 Å². The van der Waals surface area contributed by atoms with Crippen molar-refractivity contribution >= 4 is 23.2 Å². The lowest BCUT2D eigenvalue weighted by atomic mass is 10.0. The highest BCUT2D eigenvalue weighted by molar-refractivity contribution is 6.06. The highest BCUT2D eigenvalue weighted by Gasteiger charge is 2.14. The molecule has 0 fully saturated rings. The van der Waals surface area contributed by atoms with Crippen molar-refractivity contribution < 1.29 is 19.1 Å². The first-order valence-corrected chi connectivity index (χ1v) is 9.30. The Labute approximate surface area is 171 Å². The summed E-state index contributed by atoms with van der Waals surface area (Å²) >= 11 is 0. The molecular formula is C22H27N3O4. The average Bonchev–Trinajstić information content (AvgIpc) is 2.71. The Morgan fingerprint density at radius 1 is 1.07 bits per heavy atom. The number of carbonyl (C=O) groups excluding carboxylic acids is 2. The minimum atomic E-state index is -0.436. The molecule has 0 atom stereocenters. The van der Waals surface area contributed by atoms with Gasteiger partial charge in [0.15, 0.2) is 0 Å². The Hall–Kier alpha value is -3.35. The van der Waals surface area contributed by atoms with Gasteiger partial charge in [0, 0.05) is 17.5 Å². The molecule has 0 spiro atoms. The third-order valence-electron chi connectivity index (χ3n) is 4.27. The van der Waals surface area contributed by atoms with Crippen molar-refractivity contribution in [1.29, 1.82) is 0 Å². The lowest BCUT2D eigenvalue weighted by molar-refractivity contribution is -0.115. The zero-order valence-electron chi connectivity index (χ0n) is 17.4. The zero-order valence-corrected chi connectivity index (χ0v) is 17.4. The van der Waals surface area contributed by atoms with Crippen LogP contribution < -0.4 is 20.2 Å². The zero-order chi connectivity index (χ0) is 21.4. The molecule has 0 heterocycles. The van der Waals surface area contributed by atoms with Gasteiger partial charge in [-0.3, -0.25) is 9.59 Å². The highest BCUT2D eigenvalue weighted by Crippen LogP contribution is 2.25. The van der Waals surface area contributed by atoms with Gasteiger partial charge < -0.3 is 14.8 Å². The van der Waals surface area contributed by atoms with Crippen LogP contribution in [0.3, 0.4) is 0 Å². The van der Waals surface area contributed by atoms with Gasteiger partial charge in [-0.2, -0.15) is 5.10 Å². The molecule has 0 aliphatic rings. The second-order valence-electron chi connectivity index (χ2n) is 6.82. The predicted octanol–water partition coefficient (Wildman–Crippen LogP) is 3.96. The first-order valence-electron chi connectivity index (χ1n) is 9.30. The van der Waals surface area contributed by atoms with Crippen LogP contribution in [0.25, 0.3) is 0 Å². The van der Waals surface area contributed by atoms with Gasteiger partial charge in [-0.15, -0.1) is 0 Å². The van der Waals surface area contributed by atoms with Crippen LogP contribution in [0.5, 0.6) is 11.5 Å². The molecule has 2 aromatic carbocycles. The molecule has 0 aliphatic heterocycles. The topological polar surface area (TPSA) is 89.0 Å². The summed E-state index contributed by atoms with van der Waals surface area (Å²) in [5.74, 6) is 0.610. The Morgan fingerprint density at radius 3 is 2.45 bits per heavy atom. The number of amides is 2. The maximum absolute atomic E-state index is 12.4. The van der Waals surface area contributed by atoms with Crippen LogP contribution in [-0.4, -0.2) is 31.7 Å². The van der Waals surface area contributed by atoms with E-state index in [1.54, 1.807) is 25.1 Å². The number of ether oxygens (including phenoxy) is 2. The molecule has 0 saturated heterocycles. The summed E-state index contributed by atoms with van der Waals surface area (Å²) in [7, 11) is 3.01. The number of hydrogen-bond donors (Lipinski definition) is 2. The van der Waals surface area contributed by atoms with E-state index in [9.17, 15) is 9.59 Å². The number of anilines is 1. The number of para-hydroxylation sites is 1. The molecule has 7 heteroatoms. The summed E-state index contributed by atoms with van der Waals surface area (Å²) < 4.78 is 10.3. The molecule has 0 unspecified atom stereocenters. The minimum Gasteiger partial charge on any atom is -0.497 e. The number of carbonyl (C=O) groups is 2. The van der Waals surface area contributed by atoms with E-state index in [0.29, 0.717) is 28.7 Å². The Morgan fingerprint density at radius 2 is 1.79 bits per heavy atom. The van der Waals surface area contributed by atoms with Crippen molar-refractivity contribution in [2.75, 3.05) is 19.5 Å². The van der Waals surface area contributed by atoms with Gasteiger partial charge in [0.25, 0.3) is 5.91 Å². The lowest BCUT2D eigenvalue weighted by Gasteiger charge is -2.13. The first kappa shape index (κ1) is 21.9. The number of benzene rings is 2. The third-order valence-corrected chi connectivity index (χ3v) is 4.27.